The molecule has 1 N–H and O–H groups in total. The van der Waals surface area contributed by atoms with Gasteiger partial charge in [-0.2, -0.15) is 0 Å². The molecule has 0 radical (unpaired) electrons. The first kappa shape index (κ1) is 26.4. The van der Waals surface area contributed by atoms with E-state index in [1.165, 1.54) is 44.7 Å². The molecule has 2 aromatic carbocycles. The molecule has 10 heteroatoms. The van der Waals surface area contributed by atoms with Gasteiger partial charge in [0.15, 0.2) is 11.5 Å². The van der Waals surface area contributed by atoms with Crippen molar-refractivity contribution in [3.8, 4) is 23.0 Å². The maximum atomic E-state index is 13.5. The second-order valence-electron chi connectivity index (χ2n) is 8.29. The van der Waals surface area contributed by atoms with Crippen LogP contribution in [0.5, 0.6) is 23.0 Å². The van der Waals surface area contributed by atoms with Crippen LogP contribution in [0.25, 0.3) is 5.76 Å². The number of hydrogen-bond acceptors (Lipinski definition) is 8. The van der Waals surface area contributed by atoms with Crippen LogP contribution >= 0.6 is 22.9 Å². The van der Waals surface area contributed by atoms with Gasteiger partial charge in [0.2, 0.25) is 5.75 Å². The minimum absolute atomic E-state index is 0.101. The summed E-state index contributed by atoms with van der Waals surface area (Å²) in [5.74, 6) is -0.731. The number of amides is 1. The topological polar surface area (TPSA) is 94.5 Å². The molecule has 8 nitrogen and oxygen atoms in total. The third-order valence-corrected chi connectivity index (χ3v) is 7.24. The summed E-state index contributed by atoms with van der Waals surface area (Å²) in [6.07, 6.45) is 0. The molecule has 3 aromatic rings. The van der Waals surface area contributed by atoms with Gasteiger partial charge in [-0.3, -0.25) is 9.59 Å². The Bertz CT molecular complexity index is 1360. The van der Waals surface area contributed by atoms with E-state index >= 15 is 0 Å². The van der Waals surface area contributed by atoms with Crippen molar-refractivity contribution < 1.29 is 33.6 Å². The Morgan fingerprint density at radius 2 is 1.65 bits per heavy atom. The number of aliphatic hydroxyl groups is 1. The van der Waals surface area contributed by atoms with E-state index in [-0.39, 0.29) is 28.5 Å². The van der Waals surface area contributed by atoms with E-state index in [1.54, 1.807) is 31.2 Å². The zero-order chi connectivity index (χ0) is 26.9. The van der Waals surface area contributed by atoms with Gasteiger partial charge in [-0.25, -0.2) is 0 Å². The van der Waals surface area contributed by atoms with Crippen LogP contribution in [0.4, 0.5) is 0 Å². The van der Waals surface area contributed by atoms with Gasteiger partial charge in [0.1, 0.15) is 11.5 Å². The van der Waals surface area contributed by atoms with Crippen molar-refractivity contribution in [2.75, 3.05) is 28.4 Å². The van der Waals surface area contributed by atoms with Gasteiger partial charge in [0.25, 0.3) is 11.7 Å². The summed E-state index contributed by atoms with van der Waals surface area (Å²) in [6.45, 7) is 1.96. The van der Waals surface area contributed by atoms with Crippen LogP contribution in [0, 0.1) is 6.92 Å². The molecule has 1 amide bonds. The Morgan fingerprint density at radius 1 is 1.00 bits per heavy atom. The Kier molecular flexibility index (Phi) is 7.65. The number of nitrogens with zero attached hydrogens (tertiary/aromatic N) is 1. The van der Waals surface area contributed by atoms with E-state index in [1.807, 2.05) is 17.5 Å². The molecule has 1 unspecified atom stereocenters. The Labute approximate surface area is 223 Å². The lowest BCUT2D eigenvalue weighted by molar-refractivity contribution is -0.140. The number of halogens is 1. The number of carbonyl (C=O) groups excluding carboxylic acids is 2. The van der Waals surface area contributed by atoms with E-state index in [2.05, 4.69) is 0 Å². The second kappa shape index (κ2) is 10.7. The lowest BCUT2D eigenvalue weighted by Crippen LogP contribution is -2.29. The standard InChI is InChI=1S/C27H26ClNO7S/c1-14-9-17(25(35-4)18(28)10-14)23(30)21-22(15-11-19(33-2)26(36-5)20(12-15)34-3)29(27(32)24(21)31)13-16-7-6-8-37-16/h6-12,22,30H,13H2,1-5H3/b23-21+. The van der Waals surface area contributed by atoms with Gasteiger partial charge in [0, 0.05) is 4.88 Å². The zero-order valence-corrected chi connectivity index (χ0v) is 22.5. The summed E-state index contributed by atoms with van der Waals surface area (Å²) in [5.41, 5.74) is 1.34. The van der Waals surface area contributed by atoms with Gasteiger partial charge in [-0.05, 0) is 53.8 Å². The molecule has 1 saturated heterocycles. The Hall–Kier alpha value is -3.69. The van der Waals surface area contributed by atoms with Crippen molar-refractivity contribution >= 4 is 40.4 Å². The molecule has 0 aliphatic carbocycles. The van der Waals surface area contributed by atoms with Crippen LogP contribution in [0.2, 0.25) is 5.02 Å². The lowest BCUT2D eigenvalue weighted by atomic mass is 9.94. The van der Waals surface area contributed by atoms with Crippen molar-refractivity contribution in [3.63, 3.8) is 0 Å². The van der Waals surface area contributed by atoms with E-state index in [9.17, 15) is 14.7 Å². The summed E-state index contributed by atoms with van der Waals surface area (Å²) < 4.78 is 21.9. The molecule has 0 spiro atoms. The fraction of sp³-hybridized carbons (Fsp3) is 0.259. The maximum absolute atomic E-state index is 13.5. The molecule has 1 atom stereocenters. The number of ether oxygens (including phenoxy) is 4. The van der Waals surface area contributed by atoms with Crippen LogP contribution in [-0.4, -0.2) is 50.1 Å². The molecule has 1 aromatic heterocycles. The zero-order valence-electron chi connectivity index (χ0n) is 21.0. The predicted octanol–water partition coefficient (Wildman–Crippen LogP) is 5.37. The summed E-state index contributed by atoms with van der Waals surface area (Å²) in [4.78, 5) is 29.1. The van der Waals surface area contributed by atoms with E-state index in [0.717, 1.165) is 10.4 Å². The summed E-state index contributed by atoms with van der Waals surface area (Å²) in [5, 5.41) is 13.7. The first-order valence-corrected chi connectivity index (χ1v) is 12.5. The van der Waals surface area contributed by atoms with Crippen molar-refractivity contribution in [2.45, 2.75) is 19.5 Å². The van der Waals surface area contributed by atoms with Crippen molar-refractivity contribution in [3.05, 3.63) is 73.9 Å². The third-order valence-electron chi connectivity index (χ3n) is 6.10. The molecular weight excluding hydrogens is 518 g/mol. The second-order valence-corrected chi connectivity index (χ2v) is 9.73. The quantitative estimate of drug-likeness (QED) is 0.232. The predicted molar refractivity (Wildman–Crippen MR) is 141 cm³/mol. The Morgan fingerprint density at radius 3 is 2.19 bits per heavy atom. The van der Waals surface area contributed by atoms with E-state index < -0.39 is 23.5 Å². The number of likely N-dealkylation sites (tertiary alicyclic amines) is 1. The molecule has 4 rings (SSSR count). The van der Waals surface area contributed by atoms with Crippen molar-refractivity contribution in [1.29, 1.82) is 0 Å². The fourth-order valence-corrected chi connectivity index (χ4v) is 5.53. The Balaban J connectivity index is 2.01. The molecule has 1 aliphatic rings. The van der Waals surface area contributed by atoms with Crippen LogP contribution in [0.3, 0.4) is 0 Å². The smallest absolute Gasteiger partial charge is 0.295 e. The van der Waals surface area contributed by atoms with Gasteiger partial charge < -0.3 is 29.0 Å². The van der Waals surface area contributed by atoms with Crippen LogP contribution in [0.1, 0.15) is 27.6 Å². The molecule has 2 heterocycles. The van der Waals surface area contributed by atoms with Crippen LogP contribution < -0.4 is 18.9 Å². The average Bonchev–Trinajstić information content (AvgIpc) is 3.49. The number of thiophene rings is 1. The molecule has 0 saturated carbocycles. The minimum Gasteiger partial charge on any atom is -0.507 e. The summed E-state index contributed by atoms with van der Waals surface area (Å²) >= 11 is 7.83. The number of Topliss-reactive ketones (excluding diaryl/α,β-unsaturated/α-hetero) is 1. The first-order valence-electron chi connectivity index (χ1n) is 11.2. The molecular formula is C27H26ClNO7S. The first-order chi connectivity index (χ1) is 17.7. The van der Waals surface area contributed by atoms with Gasteiger partial charge in [-0.1, -0.05) is 17.7 Å². The van der Waals surface area contributed by atoms with Crippen molar-refractivity contribution in [2.24, 2.45) is 0 Å². The molecule has 194 valence electrons. The number of carbonyl (C=O) groups is 2. The molecule has 0 bridgehead atoms. The maximum Gasteiger partial charge on any atom is 0.295 e. The molecule has 1 fully saturated rings. The molecule has 37 heavy (non-hydrogen) atoms. The lowest BCUT2D eigenvalue weighted by Gasteiger charge is -2.26. The highest BCUT2D eigenvalue weighted by Gasteiger charge is 2.47. The summed E-state index contributed by atoms with van der Waals surface area (Å²) in [6, 6.07) is 9.44. The van der Waals surface area contributed by atoms with E-state index in [0.29, 0.717) is 22.8 Å². The molecule has 1 aliphatic heterocycles. The average molecular weight is 544 g/mol. The third kappa shape index (κ3) is 4.72. The normalized spacial score (nSPS) is 16.7. The van der Waals surface area contributed by atoms with Crippen LogP contribution in [-0.2, 0) is 16.1 Å². The van der Waals surface area contributed by atoms with E-state index in [4.69, 9.17) is 30.5 Å². The number of ketones is 1. The summed E-state index contributed by atoms with van der Waals surface area (Å²) in [7, 11) is 5.85. The highest BCUT2D eigenvalue weighted by atomic mass is 35.5. The number of aliphatic hydroxyl groups excluding tert-OH is 1. The van der Waals surface area contributed by atoms with Crippen molar-refractivity contribution in [1.82, 2.24) is 4.90 Å². The minimum atomic E-state index is -0.959. The van der Waals surface area contributed by atoms with Crippen LogP contribution in [0.15, 0.2) is 47.4 Å². The number of aryl methyl sites for hydroxylation is 1. The highest BCUT2D eigenvalue weighted by Crippen LogP contribution is 2.47. The van der Waals surface area contributed by atoms with Gasteiger partial charge in [-0.15, -0.1) is 11.3 Å². The largest absolute Gasteiger partial charge is 0.507 e. The monoisotopic (exact) mass is 543 g/mol. The van der Waals surface area contributed by atoms with Gasteiger partial charge in [0.05, 0.1) is 57.2 Å². The fourth-order valence-electron chi connectivity index (χ4n) is 4.48. The number of hydrogen-bond donors (Lipinski definition) is 1. The SMILES string of the molecule is COc1cc(C2/C(=C(\O)c3cc(C)cc(Cl)c3OC)C(=O)C(=O)N2Cc2cccs2)cc(OC)c1OC. The highest BCUT2D eigenvalue weighted by molar-refractivity contribution is 7.09. The number of benzene rings is 2. The van der Waals surface area contributed by atoms with Gasteiger partial charge >= 0.3 is 0 Å². The number of rotatable bonds is 8. The number of methoxy groups -OCH3 is 4.